The highest BCUT2D eigenvalue weighted by Gasteiger charge is 1.99. The Bertz CT molecular complexity index is 152. The van der Waals surface area contributed by atoms with Gasteiger partial charge in [0.1, 0.15) is 0 Å². The first-order valence-electron chi connectivity index (χ1n) is 2.80. The number of halogens is 1. The molecule has 0 spiro atoms. The number of esters is 1. The zero-order valence-corrected chi connectivity index (χ0v) is 6.36. The largest absolute Gasteiger partial charge is 0.435 e. The van der Waals surface area contributed by atoms with E-state index >= 15 is 0 Å². The van der Waals surface area contributed by atoms with Gasteiger partial charge < -0.3 is 4.74 Å². The van der Waals surface area contributed by atoms with Crippen LogP contribution in [0.15, 0.2) is 24.5 Å². The van der Waals surface area contributed by atoms with Gasteiger partial charge in [-0.15, -0.1) is 0 Å². The predicted octanol–water partition coefficient (Wildman–Crippen LogP) is 2.21. The molecule has 56 valence electrons. The zero-order chi connectivity index (χ0) is 7.98. The second-order valence-electron chi connectivity index (χ2n) is 1.67. The van der Waals surface area contributed by atoms with Crippen LogP contribution in [0, 0.1) is 0 Å². The molecule has 0 saturated carbocycles. The van der Waals surface area contributed by atoms with Crippen LogP contribution in [0.1, 0.15) is 12.8 Å². The van der Waals surface area contributed by atoms with Crippen LogP contribution in [-0.4, -0.2) is 5.97 Å². The molecule has 0 atom stereocenters. The molecule has 0 aromatic carbocycles. The average Bonchev–Trinajstić information content (AvgIpc) is 1.85. The van der Waals surface area contributed by atoms with Crippen molar-refractivity contribution in [3.8, 4) is 0 Å². The van der Waals surface area contributed by atoms with E-state index in [0.29, 0.717) is 11.5 Å². The molecule has 0 radical (unpaired) electrons. The van der Waals surface area contributed by atoms with Gasteiger partial charge in [0.05, 0.1) is 12.7 Å². The van der Waals surface area contributed by atoms with Crippen molar-refractivity contribution >= 4 is 17.6 Å². The summed E-state index contributed by atoms with van der Waals surface area (Å²) in [6, 6.07) is 0. The Balaban J connectivity index is 3.39. The molecule has 0 heterocycles. The number of rotatable bonds is 4. The van der Waals surface area contributed by atoms with Gasteiger partial charge in [0.2, 0.25) is 0 Å². The van der Waals surface area contributed by atoms with Gasteiger partial charge in [0, 0.05) is 5.03 Å². The third kappa shape index (κ3) is 5.38. The standard InChI is InChI=1S/C7H9ClO2/c1-3-10-7(9)5-4-6(2)8/h3H,1-2,4-5H2. The van der Waals surface area contributed by atoms with E-state index in [0.717, 1.165) is 6.26 Å². The molecule has 0 rings (SSSR count). The quantitative estimate of drug-likeness (QED) is 0.466. The van der Waals surface area contributed by atoms with E-state index in [4.69, 9.17) is 11.6 Å². The highest BCUT2D eigenvalue weighted by molar-refractivity contribution is 6.29. The van der Waals surface area contributed by atoms with Crippen molar-refractivity contribution in [3.05, 3.63) is 24.5 Å². The summed E-state index contributed by atoms with van der Waals surface area (Å²) in [7, 11) is 0. The summed E-state index contributed by atoms with van der Waals surface area (Å²) in [6.45, 7) is 6.65. The lowest BCUT2D eigenvalue weighted by atomic mass is 10.3. The van der Waals surface area contributed by atoms with E-state index in [2.05, 4.69) is 17.9 Å². The summed E-state index contributed by atoms with van der Waals surface area (Å²) in [5.41, 5.74) is 0. The van der Waals surface area contributed by atoms with Crippen molar-refractivity contribution < 1.29 is 9.53 Å². The zero-order valence-electron chi connectivity index (χ0n) is 5.60. The topological polar surface area (TPSA) is 26.3 Å². The van der Waals surface area contributed by atoms with Crippen LogP contribution < -0.4 is 0 Å². The van der Waals surface area contributed by atoms with Crippen LogP contribution in [0.25, 0.3) is 0 Å². The van der Waals surface area contributed by atoms with Gasteiger partial charge in [-0.05, 0) is 6.42 Å². The lowest BCUT2D eigenvalue weighted by molar-refractivity contribution is -0.137. The van der Waals surface area contributed by atoms with E-state index in [1.807, 2.05) is 0 Å². The van der Waals surface area contributed by atoms with Crippen molar-refractivity contribution in [1.29, 1.82) is 0 Å². The minimum Gasteiger partial charge on any atom is -0.435 e. The smallest absolute Gasteiger partial charge is 0.310 e. The lowest BCUT2D eigenvalue weighted by Gasteiger charge is -1.95. The molecule has 0 bridgehead atoms. The minimum absolute atomic E-state index is 0.258. The fourth-order valence-corrected chi connectivity index (χ4v) is 0.484. The van der Waals surface area contributed by atoms with Crippen LogP contribution >= 0.6 is 11.6 Å². The van der Waals surface area contributed by atoms with Gasteiger partial charge in [-0.1, -0.05) is 24.8 Å². The summed E-state index contributed by atoms with van der Waals surface area (Å²) in [5, 5.41) is 0.459. The second-order valence-corrected chi connectivity index (χ2v) is 2.21. The van der Waals surface area contributed by atoms with Crippen LogP contribution in [0.4, 0.5) is 0 Å². The van der Waals surface area contributed by atoms with E-state index < -0.39 is 0 Å². The Morgan fingerprint density at radius 1 is 1.60 bits per heavy atom. The normalized spacial score (nSPS) is 8.50. The summed E-state index contributed by atoms with van der Waals surface area (Å²) < 4.78 is 4.42. The maximum absolute atomic E-state index is 10.6. The fourth-order valence-electron chi connectivity index (χ4n) is 0.390. The number of hydrogen-bond donors (Lipinski definition) is 0. The molecule has 3 heteroatoms. The summed E-state index contributed by atoms with van der Waals surface area (Å²) in [4.78, 5) is 10.6. The van der Waals surface area contributed by atoms with Crippen molar-refractivity contribution in [2.45, 2.75) is 12.8 Å². The van der Waals surface area contributed by atoms with E-state index in [9.17, 15) is 4.79 Å². The van der Waals surface area contributed by atoms with Crippen LogP contribution in [-0.2, 0) is 9.53 Å². The molecular weight excluding hydrogens is 152 g/mol. The highest BCUT2D eigenvalue weighted by atomic mass is 35.5. The summed E-state index contributed by atoms with van der Waals surface area (Å²) in [6.07, 6.45) is 1.81. The van der Waals surface area contributed by atoms with Crippen molar-refractivity contribution in [3.63, 3.8) is 0 Å². The molecule has 0 aliphatic carbocycles. The van der Waals surface area contributed by atoms with Gasteiger partial charge >= 0.3 is 5.97 Å². The molecular formula is C7H9ClO2. The Morgan fingerprint density at radius 3 is 2.60 bits per heavy atom. The van der Waals surface area contributed by atoms with E-state index in [1.165, 1.54) is 0 Å². The van der Waals surface area contributed by atoms with E-state index in [-0.39, 0.29) is 12.4 Å². The van der Waals surface area contributed by atoms with Crippen molar-refractivity contribution in [2.24, 2.45) is 0 Å². The summed E-state index contributed by atoms with van der Waals surface area (Å²) >= 11 is 5.39. The Hall–Kier alpha value is -0.760. The minimum atomic E-state index is -0.336. The van der Waals surface area contributed by atoms with Crippen LogP contribution in [0.5, 0.6) is 0 Å². The van der Waals surface area contributed by atoms with Crippen molar-refractivity contribution in [2.75, 3.05) is 0 Å². The number of allylic oxidation sites excluding steroid dienone is 1. The number of hydrogen-bond acceptors (Lipinski definition) is 2. The Labute approximate surface area is 65.1 Å². The molecule has 0 aromatic heterocycles. The van der Waals surface area contributed by atoms with E-state index in [1.54, 1.807) is 0 Å². The van der Waals surface area contributed by atoms with Gasteiger partial charge in [-0.25, -0.2) is 0 Å². The van der Waals surface area contributed by atoms with Gasteiger partial charge in [-0.3, -0.25) is 4.79 Å². The molecule has 0 unspecified atom stereocenters. The molecule has 0 aromatic rings. The molecule has 0 aliphatic heterocycles. The molecule has 2 nitrogen and oxygen atoms in total. The number of carbonyl (C=O) groups is 1. The van der Waals surface area contributed by atoms with Crippen LogP contribution in [0.3, 0.4) is 0 Å². The molecule has 0 amide bonds. The Morgan fingerprint density at radius 2 is 2.20 bits per heavy atom. The van der Waals surface area contributed by atoms with Crippen LogP contribution in [0.2, 0.25) is 0 Å². The maximum Gasteiger partial charge on any atom is 0.310 e. The van der Waals surface area contributed by atoms with Gasteiger partial charge in [0.15, 0.2) is 0 Å². The molecule has 0 N–H and O–H groups in total. The maximum atomic E-state index is 10.6. The fraction of sp³-hybridized carbons (Fsp3) is 0.286. The number of carbonyl (C=O) groups excluding carboxylic acids is 1. The molecule has 0 saturated heterocycles. The lowest BCUT2D eigenvalue weighted by Crippen LogP contribution is -1.97. The molecule has 0 fully saturated rings. The first-order chi connectivity index (χ1) is 4.66. The van der Waals surface area contributed by atoms with Gasteiger partial charge in [0.25, 0.3) is 0 Å². The number of ether oxygens (including phenoxy) is 1. The van der Waals surface area contributed by atoms with Gasteiger partial charge in [-0.2, -0.15) is 0 Å². The van der Waals surface area contributed by atoms with Crippen molar-refractivity contribution in [1.82, 2.24) is 0 Å². The summed E-state index contributed by atoms with van der Waals surface area (Å²) in [5.74, 6) is -0.336. The predicted molar refractivity (Wildman–Crippen MR) is 40.5 cm³/mol. The third-order valence-corrected chi connectivity index (χ3v) is 1.00. The second kappa shape index (κ2) is 5.06. The SMILES string of the molecule is C=COC(=O)CCC(=C)Cl. The third-order valence-electron chi connectivity index (χ3n) is 0.815. The first-order valence-corrected chi connectivity index (χ1v) is 3.18. The monoisotopic (exact) mass is 160 g/mol. The average molecular weight is 161 g/mol. The molecule has 10 heavy (non-hydrogen) atoms. The molecule has 0 aliphatic rings. The highest BCUT2D eigenvalue weighted by Crippen LogP contribution is 2.06. The Kier molecular flexibility index (Phi) is 4.67. The first kappa shape index (κ1) is 9.24.